The number of carbonyl (C=O) groups is 2. The molecule has 0 radical (unpaired) electrons. The Bertz CT molecular complexity index is 1030. The van der Waals surface area contributed by atoms with E-state index < -0.39 is 15.9 Å². The smallest absolute Gasteiger partial charge is 0.240 e. The standard InChI is InChI=1S/C22H27N3O4S/c1-4-16(3)24-30(28,29)19-11-9-18(10-12-19)23-22(27)17-13-21(26)25(14-17)20-8-6-5-7-15(20)2/h5-12,16-17,24H,4,13-14H2,1-3H3,(H,23,27)/t16-,17+/m0/s1. The van der Waals surface area contributed by atoms with Crippen LogP contribution in [0, 0.1) is 12.8 Å². The zero-order chi connectivity index (χ0) is 21.9. The van der Waals surface area contributed by atoms with E-state index in [1.165, 1.54) is 12.1 Å². The van der Waals surface area contributed by atoms with Gasteiger partial charge in [-0.3, -0.25) is 9.59 Å². The molecule has 1 aliphatic rings. The number of anilines is 2. The molecule has 0 spiro atoms. The Morgan fingerprint density at radius 1 is 1.17 bits per heavy atom. The third kappa shape index (κ3) is 4.88. The van der Waals surface area contributed by atoms with E-state index in [-0.39, 0.29) is 29.2 Å². The number of carbonyl (C=O) groups excluding carboxylic acids is 2. The third-order valence-electron chi connectivity index (χ3n) is 5.30. The molecule has 0 saturated carbocycles. The van der Waals surface area contributed by atoms with E-state index in [4.69, 9.17) is 0 Å². The molecule has 1 fully saturated rings. The number of nitrogens with zero attached hydrogens (tertiary/aromatic N) is 1. The Morgan fingerprint density at radius 2 is 1.83 bits per heavy atom. The first-order chi connectivity index (χ1) is 14.2. The van der Waals surface area contributed by atoms with E-state index in [1.807, 2.05) is 38.1 Å². The first-order valence-electron chi connectivity index (χ1n) is 10.0. The van der Waals surface area contributed by atoms with Crippen molar-refractivity contribution in [3.05, 3.63) is 54.1 Å². The fraction of sp³-hybridized carbons (Fsp3) is 0.364. The van der Waals surface area contributed by atoms with Crippen molar-refractivity contribution in [1.82, 2.24) is 4.72 Å². The minimum atomic E-state index is -3.60. The van der Waals surface area contributed by atoms with Gasteiger partial charge in [-0.15, -0.1) is 0 Å². The fourth-order valence-corrected chi connectivity index (χ4v) is 4.69. The van der Waals surface area contributed by atoms with Crippen molar-refractivity contribution in [3.63, 3.8) is 0 Å². The highest BCUT2D eigenvalue weighted by atomic mass is 32.2. The molecule has 2 amide bonds. The Morgan fingerprint density at radius 3 is 2.47 bits per heavy atom. The van der Waals surface area contributed by atoms with Crippen LogP contribution in [-0.4, -0.2) is 32.8 Å². The number of hydrogen-bond acceptors (Lipinski definition) is 4. The number of aryl methyl sites for hydroxylation is 1. The number of para-hydroxylation sites is 1. The predicted octanol–water partition coefficient (Wildman–Crippen LogP) is 3.06. The van der Waals surface area contributed by atoms with Gasteiger partial charge in [0.15, 0.2) is 0 Å². The van der Waals surface area contributed by atoms with Gasteiger partial charge in [-0.1, -0.05) is 25.1 Å². The largest absolute Gasteiger partial charge is 0.326 e. The van der Waals surface area contributed by atoms with Crippen molar-refractivity contribution in [3.8, 4) is 0 Å². The van der Waals surface area contributed by atoms with Crippen molar-refractivity contribution >= 4 is 33.2 Å². The summed E-state index contributed by atoms with van der Waals surface area (Å²) in [6, 6.07) is 13.4. The van der Waals surface area contributed by atoms with Crippen molar-refractivity contribution in [1.29, 1.82) is 0 Å². The highest BCUT2D eigenvalue weighted by Crippen LogP contribution is 2.28. The van der Waals surface area contributed by atoms with Gasteiger partial charge in [0.1, 0.15) is 0 Å². The minimum Gasteiger partial charge on any atom is -0.326 e. The maximum absolute atomic E-state index is 12.7. The Hall–Kier alpha value is -2.71. The monoisotopic (exact) mass is 429 g/mol. The van der Waals surface area contributed by atoms with E-state index in [2.05, 4.69) is 10.0 Å². The second-order valence-electron chi connectivity index (χ2n) is 7.64. The molecule has 0 aromatic heterocycles. The molecule has 7 nitrogen and oxygen atoms in total. The number of amides is 2. The van der Waals surface area contributed by atoms with Crippen LogP contribution in [0.2, 0.25) is 0 Å². The van der Waals surface area contributed by atoms with Gasteiger partial charge in [0, 0.05) is 30.4 Å². The van der Waals surface area contributed by atoms with Crippen LogP contribution in [0.25, 0.3) is 0 Å². The van der Waals surface area contributed by atoms with Crippen LogP contribution >= 0.6 is 0 Å². The van der Waals surface area contributed by atoms with Gasteiger partial charge in [0.05, 0.1) is 10.8 Å². The maximum atomic E-state index is 12.7. The Balaban J connectivity index is 1.65. The lowest BCUT2D eigenvalue weighted by atomic mass is 10.1. The van der Waals surface area contributed by atoms with Crippen LogP contribution in [0.1, 0.15) is 32.3 Å². The molecule has 1 heterocycles. The zero-order valence-electron chi connectivity index (χ0n) is 17.4. The van der Waals surface area contributed by atoms with Crippen LogP contribution in [0.4, 0.5) is 11.4 Å². The zero-order valence-corrected chi connectivity index (χ0v) is 18.2. The molecule has 0 bridgehead atoms. The lowest BCUT2D eigenvalue weighted by molar-refractivity contribution is -0.122. The van der Waals surface area contributed by atoms with Gasteiger partial charge in [0.25, 0.3) is 0 Å². The molecule has 2 aromatic carbocycles. The highest BCUT2D eigenvalue weighted by Gasteiger charge is 2.35. The lowest BCUT2D eigenvalue weighted by Crippen LogP contribution is -2.32. The van der Waals surface area contributed by atoms with Gasteiger partial charge < -0.3 is 10.2 Å². The van der Waals surface area contributed by atoms with Crippen LogP contribution in [0.3, 0.4) is 0 Å². The van der Waals surface area contributed by atoms with E-state index in [0.717, 1.165) is 11.3 Å². The van der Waals surface area contributed by atoms with Crippen LogP contribution in [0.15, 0.2) is 53.4 Å². The summed E-state index contributed by atoms with van der Waals surface area (Å²) in [5.74, 6) is -0.803. The molecule has 2 atom stereocenters. The lowest BCUT2D eigenvalue weighted by Gasteiger charge is -2.19. The summed E-state index contributed by atoms with van der Waals surface area (Å²) in [6.07, 6.45) is 0.832. The van der Waals surface area contributed by atoms with Gasteiger partial charge >= 0.3 is 0 Å². The summed E-state index contributed by atoms with van der Waals surface area (Å²) in [4.78, 5) is 26.9. The molecule has 2 N–H and O–H groups in total. The van der Waals surface area contributed by atoms with E-state index in [9.17, 15) is 18.0 Å². The second-order valence-corrected chi connectivity index (χ2v) is 9.35. The molecular weight excluding hydrogens is 402 g/mol. The Kier molecular flexibility index (Phi) is 6.58. The number of benzene rings is 2. The number of sulfonamides is 1. The minimum absolute atomic E-state index is 0.0815. The summed E-state index contributed by atoms with van der Waals surface area (Å²) < 4.78 is 27.3. The van der Waals surface area contributed by atoms with E-state index >= 15 is 0 Å². The van der Waals surface area contributed by atoms with Crippen LogP contribution in [0.5, 0.6) is 0 Å². The average molecular weight is 430 g/mol. The predicted molar refractivity (Wildman–Crippen MR) is 117 cm³/mol. The van der Waals surface area contributed by atoms with E-state index in [1.54, 1.807) is 24.0 Å². The summed E-state index contributed by atoms with van der Waals surface area (Å²) in [6.45, 7) is 5.96. The number of hydrogen-bond donors (Lipinski definition) is 2. The molecule has 3 rings (SSSR count). The first kappa shape index (κ1) is 22.0. The topological polar surface area (TPSA) is 95.6 Å². The van der Waals surface area contributed by atoms with Crippen molar-refractivity contribution < 1.29 is 18.0 Å². The molecule has 160 valence electrons. The molecule has 2 aromatic rings. The van der Waals surface area contributed by atoms with Crippen LogP contribution in [-0.2, 0) is 19.6 Å². The van der Waals surface area contributed by atoms with Gasteiger partial charge in [0.2, 0.25) is 21.8 Å². The fourth-order valence-electron chi connectivity index (χ4n) is 3.36. The van der Waals surface area contributed by atoms with Gasteiger partial charge in [-0.25, -0.2) is 13.1 Å². The van der Waals surface area contributed by atoms with Gasteiger partial charge in [-0.2, -0.15) is 0 Å². The quantitative estimate of drug-likeness (QED) is 0.707. The van der Waals surface area contributed by atoms with Gasteiger partial charge in [-0.05, 0) is 56.2 Å². The van der Waals surface area contributed by atoms with Crippen molar-refractivity contribution in [2.45, 2.75) is 44.6 Å². The van der Waals surface area contributed by atoms with Crippen molar-refractivity contribution in [2.24, 2.45) is 5.92 Å². The molecule has 30 heavy (non-hydrogen) atoms. The molecule has 1 saturated heterocycles. The van der Waals surface area contributed by atoms with E-state index in [0.29, 0.717) is 18.7 Å². The normalized spacial score (nSPS) is 17.8. The number of rotatable bonds is 7. The second kappa shape index (κ2) is 8.97. The van der Waals surface area contributed by atoms with Crippen molar-refractivity contribution in [2.75, 3.05) is 16.8 Å². The molecular formula is C22H27N3O4S. The molecule has 0 aliphatic carbocycles. The summed E-state index contributed by atoms with van der Waals surface area (Å²) in [7, 11) is -3.60. The summed E-state index contributed by atoms with van der Waals surface area (Å²) in [5.41, 5.74) is 2.29. The van der Waals surface area contributed by atoms with Crippen LogP contribution < -0.4 is 14.9 Å². The first-order valence-corrected chi connectivity index (χ1v) is 11.5. The SMILES string of the molecule is CC[C@H](C)NS(=O)(=O)c1ccc(NC(=O)[C@@H]2CC(=O)N(c3ccccc3C)C2)cc1. The highest BCUT2D eigenvalue weighted by molar-refractivity contribution is 7.89. The Labute approximate surface area is 177 Å². The molecule has 0 unspecified atom stereocenters. The average Bonchev–Trinajstić information content (AvgIpc) is 3.10. The maximum Gasteiger partial charge on any atom is 0.240 e. The number of nitrogens with one attached hydrogen (secondary N) is 2. The summed E-state index contributed by atoms with van der Waals surface area (Å²) >= 11 is 0. The molecule has 1 aliphatic heterocycles. The third-order valence-corrected chi connectivity index (χ3v) is 6.91. The molecule has 8 heteroatoms. The summed E-state index contributed by atoms with van der Waals surface area (Å²) in [5, 5.41) is 2.79.